The summed E-state index contributed by atoms with van der Waals surface area (Å²) in [6, 6.07) is 0. The van der Waals surface area contributed by atoms with Crippen LogP contribution in [-0.2, 0) is 9.84 Å². The lowest BCUT2D eigenvalue weighted by molar-refractivity contribution is 0.224. The molecular weight excluding hydrogens is 280 g/mol. The molecule has 0 aliphatic carbocycles. The van der Waals surface area contributed by atoms with Crippen LogP contribution in [0.5, 0.6) is 0 Å². The number of rotatable bonds is 5. The highest BCUT2D eigenvalue weighted by Gasteiger charge is 2.31. The van der Waals surface area contributed by atoms with Crippen LogP contribution < -0.4 is 5.32 Å². The predicted molar refractivity (Wildman–Crippen MR) is 84.4 cm³/mol. The van der Waals surface area contributed by atoms with Crippen molar-refractivity contribution in [2.45, 2.75) is 38.6 Å². The summed E-state index contributed by atoms with van der Waals surface area (Å²) >= 11 is 1.74. The summed E-state index contributed by atoms with van der Waals surface area (Å²) in [4.78, 5) is 2.14. The lowest BCUT2D eigenvalue weighted by atomic mass is 10.1. The fourth-order valence-electron chi connectivity index (χ4n) is 2.16. The van der Waals surface area contributed by atoms with E-state index in [1.165, 1.54) is 6.26 Å². The third-order valence-corrected chi connectivity index (χ3v) is 5.90. The molecule has 0 aromatic heterocycles. The Morgan fingerprint density at radius 2 is 2.05 bits per heavy atom. The zero-order valence-corrected chi connectivity index (χ0v) is 14.4. The molecule has 0 aromatic carbocycles. The Kier molecular flexibility index (Phi) is 6.17. The largest absolute Gasteiger partial charge is 0.312 e. The molecule has 1 N–H and O–H groups in total. The number of nitrogens with one attached hydrogen (secondary N) is 1. The highest BCUT2D eigenvalue weighted by atomic mass is 32.2. The molecule has 2 unspecified atom stereocenters. The van der Waals surface area contributed by atoms with Crippen molar-refractivity contribution >= 4 is 21.6 Å². The summed E-state index contributed by atoms with van der Waals surface area (Å²) in [5, 5.41) is 3.18. The quantitative estimate of drug-likeness (QED) is 0.832. The molecule has 1 saturated heterocycles. The van der Waals surface area contributed by atoms with Gasteiger partial charge in [0.15, 0.2) is 9.84 Å². The second-order valence-corrected chi connectivity index (χ2v) is 9.94. The van der Waals surface area contributed by atoms with E-state index in [1.807, 2.05) is 0 Å². The smallest absolute Gasteiger partial charge is 0.164 e. The van der Waals surface area contributed by atoms with Crippen LogP contribution in [0.3, 0.4) is 0 Å². The Morgan fingerprint density at radius 3 is 2.58 bits per heavy atom. The van der Waals surface area contributed by atoms with Gasteiger partial charge in [-0.2, -0.15) is 11.8 Å². The standard InChI is InChI=1S/C13H28N2O2S2/c1-11(8-14-13(2,3)4)9-15-6-7-18-10-12(15)19(5,16)17/h11-12,14H,6-10H2,1-5H3. The lowest BCUT2D eigenvalue weighted by Gasteiger charge is -2.36. The van der Waals surface area contributed by atoms with Gasteiger partial charge in [-0.05, 0) is 33.2 Å². The van der Waals surface area contributed by atoms with Gasteiger partial charge in [0, 0.05) is 36.4 Å². The first kappa shape index (κ1) is 17.3. The van der Waals surface area contributed by atoms with Gasteiger partial charge in [0.1, 0.15) is 5.37 Å². The second-order valence-electron chi connectivity index (χ2n) is 6.59. The SMILES string of the molecule is CC(CNC(C)(C)C)CN1CCSCC1S(C)(=O)=O. The van der Waals surface area contributed by atoms with Crippen molar-refractivity contribution in [3.63, 3.8) is 0 Å². The van der Waals surface area contributed by atoms with E-state index >= 15 is 0 Å². The Hall–Kier alpha value is 0.220. The maximum atomic E-state index is 11.8. The maximum Gasteiger partial charge on any atom is 0.164 e. The third kappa shape index (κ3) is 6.47. The van der Waals surface area contributed by atoms with E-state index in [0.717, 1.165) is 25.4 Å². The Bertz CT molecular complexity index is 377. The van der Waals surface area contributed by atoms with Crippen LogP contribution in [0.1, 0.15) is 27.7 Å². The summed E-state index contributed by atoms with van der Waals surface area (Å²) in [7, 11) is -2.98. The van der Waals surface area contributed by atoms with Crippen molar-refractivity contribution in [3.05, 3.63) is 0 Å². The van der Waals surface area contributed by atoms with Crippen LogP contribution in [0.15, 0.2) is 0 Å². The molecule has 1 fully saturated rings. The van der Waals surface area contributed by atoms with E-state index < -0.39 is 9.84 Å². The molecule has 0 aromatic rings. The topological polar surface area (TPSA) is 49.4 Å². The van der Waals surface area contributed by atoms with Gasteiger partial charge >= 0.3 is 0 Å². The minimum absolute atomic E-state index is 0.113. The predicted octanol–water partition coefficient (Wildman–Crippen LogP) is 1.43. The normalized spacial score (nSPS) is 24.4. The van der Waals surface area contributed by atoms with Gasteiger partial charge in [0.2, 0.25) is 0 Å². The van der Waals surface area contributed by atoms with E-state index in [2.05, 4.69) is 37.9 Å². The zero-order valence-electron chi connectivity index (χ0n) is 12.8. The van der Waals surface area contributed by atoms with Crippen molar-refractivity contribution in [2.24, 2.45) is 5.92 Å². The first-order valence-corrected chi connectivity index (χ1v) is 9.96. The molecule has 114 valence electrons. The van der Waals surface area contributed by atoms with Gasteiger partial charge in [-0.25, -0.2) is 8.42 Å². The molecule has 4 nitrogen and oxygen atoms in total. The van der Waals surface area contributed by atoms with E-state index in [4.69, 9.17) is 0 Å². The van der Waals surface area contributed by atoms with Gasteiger partial charge < -0.3 is 5.32 Å². The minimum Gasteiger partial charge on any atom is -0.312 e. The van der Waals surface area contributed by atoms with Crippen molar-refractivity contribution in [1.29, 1.82) is 0 Å². The number of sulfone groups is 1. The molecule has 1 aliphatic heterocycles. The summed E-state index contributed by atoms with van der Waals surface area (Å²) < 4.78 is 23.6. The molecule has 0 bridgehead atoms. The van der Waals surface area contributed by atoms with Crippen molar-refractivity contribution < 1.29 is 8.42 Å². The number of hydrogen-bond acceptors (Lipinski definition) is 5. The van der Waals surface area contributed by atoms with Gasteiger partial charge in [-0.15, -0.1) is 0 Å². The summed E-state index contributed by atoms with van der Waals surface area (Å²) in [5.74, 6) is 2.19. The average Bonchev–Trinajstić information content (AvgIpc) is 2.25. The maximum absolute atomic E-state index is 11.8. The molecule has 19 heavy (non-hydrogen) atoms. The first-order chi connectivity index (χ1) is 8.59. The summed E-state index contributed by atoms with van der Waals surface area (Å²) in [5.41, 5.74) is 0.113. The van der Waals surface area contributed by atoms with Crippen molar-refractivity contribution in [2.75, 3.05) is 37.4 Å². The molecule has 0 radical (unpaired) electrons. The first-order valence-electron chi connectivity index (χ1n) is 6.85. The molecule has 2 atom stereocenters. The second kappa shape index (κ2) is 6.78. The van der Waals surface area contributed by atoms with Gasteiger partial charge in [-0.1, -0.05) is 6.92 Å². The monoisotopic (exact) mass is 308 g/mol. The molecule has 1 aliphatic rings. The van der Waals surface area contributed by atoms with Crippen LogP contribution >= 0.6 is 11.8 Å². The van der Waals surface area contributed by atoms with Gasteiger partial charge in [0.05, 0.1) is 0 Å². The Morgan fingerprint density at radius 1 is 1.42 bits per heavy atom. The molecule has 1 heterocycles. The van der Waals surface area contributed by atoms with Crippen LogP contribution in [0.4, 0.5) is 0 Å². The fraction of sp³-hybridized carbons (Fsp3) is 1.00. The number of thioether (sulfide) groups is 1. The molecular formula is C13H28N2O2S2. The Labute approximate surface area is 122 Å². The molecule has 0 saturated carbocycles. The number of hydrogen-bond donors (Lipinski definition) is 1. The van der Waals surface area contributed by atoms with Crippen molar-refractivity contribution in [1.82, 2.24) is 10.2 Å². The van der Waals surface area contributed by atoms with Crippen molar-refractivity contribution in [3.8, 4) is 0 Å². The van der Waals surface area contributed by atoms with E-state index in [-0.39, 0.29) is 10.9 Å². The van der Waals surface area contributed by atoms with Gasteiger partial charge in [0.25, 0.3) is 0 Å². The van der Waals surface area contributed by atoms with Crippen LogP contribution in [0.25, 0.3) is 0 Å². The number of nitrogens with zero attached hydrogens (tertiary/aromatic N) is 1. The minimum atomic E-state index is -2.98. The molecule has 6 heteroatoms. The van der Waals surface area contributed by atoms with E-state index in [0.29, 0.717) is 11.7 Å². The summed E-state index contributed by atoms with van der Waals surface area (Å²) in [6.45, 7) is 11.3. The third-order valence-electron chi connectivity index (χ3n) is 3.21. The van der Waals surface area contributed by atoms with Gasteiger partial charge in [-0.3, -0.25) is 4.90 Å². The fourth-order valence-corrected chi connectivity index (χ4v) is 5.12. The highest BCUT2D eigenvalue weighted by Crippen LogP contribution is 2.21. The molecule has 0 spiro atoms. The van der Waals surface area contributed by atoms with E-state index in [1.54, 1.807) is 11.8 Å². The van der Waals surface area contributed by atoms with Crippen LogP contribution in [0.2, 0.25) is 0 Å². The average molecular weight is 309 g/mol. The Balaban J connectivity index is 2.53. The molecule has 0 amide bonds. The lowest BCUT2D eigenvalue weighted by Crippen LogP contribution is -2.50. The highest BCUT2D eigenvalue weighted by molar-refractivity contribution is 8.00. The van der Waals surface area contributed by atoms with Crippen LogP contribution in [0, 0.1) is 5.92 Å². The van der Waals surface area contributed by atoms with Crippen LogP contribution in [-0.4, -0.2) is 61.6 Å². The zero-order chi connectivity index (χ0) is 14.7. The summed E-state index contributed by atoms with van der Waals surface area (Å²) in [6.07, 6.45) is 1.36. The molecule has 1 rings (SSSR count). The van der Waals surface area contributed by atoms with E-state index in [9.17, 15) is 8.42 Å².